The van der Waals surface area contributed by atoms with Crippen LogP contribution in [0.4, 0.5) is 4.39 Å². The van der Waals surface area contributed by atoms with E-state index < -0.39 is 61.7 Å². The average Bonchev–Trinajstić information content (AvgIpc) is 2.95. The van der Waals surface area contributed by atoms with Gasteiger partial charge in [0.2, 0.25) is 0 Å². The Morgan fingerprint density at radius 2 is 1.11 bits per heavy atom. The smallest absolute Gasteiger partial charge is 0.338 e. The van der Waals surface area contributed by atoms with Crippen molar-refractivity contribution in [1.29, 1.82) is 0 Å². The van der Waals surface area contributed by atoms with Crippen molar-refractivity contribution in [2.75, 3.05) is 13.2 Å². The van der Waals surface area contributed by atoms with Gasteiger partial charge in [0, 0.05) is 0 Å². The van der Waals surface area contributed by atoms with Gasteiger partial charge in [0.15, 0.2) is 18.4 Å². The summed E-state index contributed by atoms with van der Waals surface area (Å²) in [5.74, 6) is -2.37. The molecule has 0 aliphatic carbocycles. The number of alkyl halides is 1. The van der Waals surface area contributed by atoms with E-state index in [0.717, 1.165) is 0 Å². The fraction of sp³-hybridized carbons (Fsp3) is 0.250. The highest BCUT2D eigenvalue weighted by atomic mass is 19.1. The Bertz CT molecular complexity index is 1190. The molecule has 4 rings (SSSR count). The zero-order valence-electron chi connectivity index (χ0n) is 19.6. The van der Waals surface area contributed by atoms with Gasteiger partial charge in [-0.05, 0) is 36.4 Å². The lowest BCUT2D eigenvalue weighted by Gasteiger charge is -2.41. The zero-order valence-corrected chi connectivity index (χ0v) is 19.6. The quantitative estimate of drug-likeness (QED) is 0.365. The van der Waals surface area contributed by atoms with Gasteiger partial charge in [-0.15, -0.1) is 0 Å². The van der Waals surface area contributed by atoms with Crippen molar-refractivity contribution < 1.29 is 42.8 Å². The maximum absolute atomic E-state index is 15.8. The van der Waals surface area contributed by atoms with Crippen LogP contribution in [0.15, 0.2) is 91.0 Å². The molecule has 0 bridgehead atoms. The van der Waals surface area contributed by atoms with Gasteiger partial charge in [-0.25, -0.2) is 18.8 Å². The van der Waals surface area contributed by atoms with E-state index in [2.05, 4.69) is 0 Å². The van der Waals surface area contributed by atoms with Gasteiger partial charge in [-0.2, -0.15) is 0 Å². The molecule has 1 unspecified atom stereocenters. The SMILES string of the molecule is O=C(OC[C@H]1OC(CO)[C@H](OC(=O)c2ccccc2)[C@@H](OC(=O)c2ccccc2)[C@@H]1F)c1ccccc1. The highest BCUT2D eigenvalue weighted by Gasteiger charge is 2.51. The van der Waals surface area contributed by atoms with E-state index in [1.54, 1.807) is 54.6 Å². The summed E-state index contributed by atoms with van der Waals surface area (Å²) in [7, 11) is 0. The number of hydrogen-bond donors (Lipinski definition) is 1. The first kappa shape index (κ1) is 26.0. The summed E-state index contributed by atoms with van der Waals surface area (Å²) < 4.78 is 37.6. The van der Waals surface area contributed by atoms with Crippen LogP contribution in [-0.2, 0) is 18.9 Å². The van der Waals surface area contributed by atoms with E-state index in [4.69, 9.17) is 18.9 Å². The van der Waals surface area contributed by atoms with E-state index in [-0.39, 0.29) is 16.7 Å². The van der Waals surface area contributed by atoms with Crippen molar-refractivity contribution in [2.24, 2.45) is 0 Å². The van der Waals surface area contributed by atoms with Gasteiger partial charge in [-0.3, -0.25) is 0 Å². The molecule has 5 atom stereocenters. The molecule has 1 fully saturated rings. The third-order valence-corrected chi connectivity index (χ3v) is 5.78. The number of ether oxygens (including phenoxy) is 4. The fourth-order valence-corrected chi connectivity index (χ4v) is 3.88. The fourth-order valence-electron chi connectivity index (χ4n) is 3.88. The lowest BCUT2D eigenvalue weighted by atomic mass is 9.95. The lowest BCUT2D eigenvalue weighted by molar-refractivity contribution is -0.219. The number of rotatable bonds is 8. The molecule has 0 spiro atoms. The van der Waals surface area contributed by atoms with Crippen LogP contribution in [0.25, 0.3) is 0 Å². The molecular formula is C28H25FO8. The minimum Gasteiger partial charge on any atom is -0.459 e. The van der Waals surface area contributed by atoms with Crippen LogP contribution in [0.2, 0.25) is 0 Å². The van der Waals surface area contributed by atoms with Crippen LogP contribution < -0.4 is 0 Å². The summed E-state index contributed by atoms with van der Waals surface area (Å²) in [6.07, 6.45) is -7.82. The average molecular weight is 508 g/mol. The highest BCUT2D eigenvalue weighted by molar-refractivity contribution is 5.90. The molecule has 1 aliphatic heterocycles. The topological polar surface area (TPSA) is 108 Å². The van der Waals surface area contributed by atoms with Gasteiger partial charge < -0.3 is 24.1 Å². The Hall–Kier alpha value is -4.08. The minimum atomic E-state index is -2.05. The number of carbonyl (C=O) groups excluding carboxylic acids is 3. The van der Waals surface area contributed by atoms with Crippen molar-refractivity contribution in [3.8, 4) is 0 Å². The van der Waals surface area contributed by atoms with Crippen molar-refractivity contribution >= 4 is 17.9 Å². The van der Waals surface area contributed by atoms with Crippen molar-refractivity contribution in [3.63, 3.8) is 0 Å². The van der Waals surface area contributed by atoms with Crippen LogP contribution >= 0.6 is 0 Å². The van der Waals surface area contributed by atoms with Crippen LogP contribution in [0.5, 0.6) is 0 Å². The van der Waals surface area contributed by atoms with Gasteiger partial charge in [-0.1, -0.05) is 54.6 Å². The second-order valence-electron chi connectivity index (χ2n) is 8.28. The summed E-state index contributed by atoms with van der Waals surface area (Å²) >= 11 is 0. The van der Waals surface area contributed by atoms with E-state index in [1.807, 2.05) is 0 Å². The van der Waals surface area contributed by atoms with Crippen LogP contribution in [0.1, 0.15) is 31.1 Å². The van der Waals surface area contributed by atoms with E-state index >= 15 is 4.39 Å². The first-order valence-electron chi connectivity index (χ1n) is 11.6. The van der Waals surface area contributed by atoms with Crippen molar-refractivity contribution in [1.82, 2.24) is 0 Å². The van der Waals surface area contributed by atoms with Gasteiger partial charge in [0.05, 0.1) is 23.3 Å². The molecule has 0 aromatic heterocycles. The Kier molecular flexibility index (Phi) is 8.60. The molecule has 0 amide bonds. The molecule has 1 saturated heterocycles. The summed E-state index contributed by atoms with van der Waals surface area (Å²) in [4.78, 5) is 37.9. The highest BCUT2D eigenvalue weighted by Crippen LogP contribution is 2.30. The maximum Gasteiger partial charge on any atom is 0.338 e. The molecule has 3 aromatic carbocycles. The Labute approximate surface area is 212 Å². The molecule has 8 nitrogen and oxygen atoms in total. The lowest BCUT2D eigenvalue weighted by Crippen LogP contribution is -2.60. The minimum absolute atomic E-state index is 0.155. The third kappa shape index (κ3) is 6.38. The van der Waals surface area contributed by atoms with Crippen LogP contribution in [0, 0.1) is 0 Å². The number of aliphatic hydroxyl groups excluding tert-OH is 1. The summed E-state index contributed by atoms with van der Waals surface area (Å²) in [5, 5.41) is 9.99. The molecular weight excluding hydrogens is 483 g/mol. The molecule has 192 valence electrons. The van der Waals surface area contributed by atoms with E-state index in [1.165, 1.54) is 36.4 Å². The maximum atomic E-state index is 15.8. The molecule has 37 heavy (non-hydrogen) atoms. The molecule has 0 radical (unpaired) electrons. The standard InChI is InChI=1S/C28H25FO8/c29-23-22(17-34-26(31)18-10-4-1-5-11-18)35-21(16-30)24(36-27(32)19-12-6-2-7-13-19)25(23)37-28(33)20-14-8-3-9-15-20/h1-15,21-25,30H,16-17H2/t21?,22-,23-,24+,25+/m1/s1. The Morgan fingerprint density at radius 3 is 1.57 bits per heavy atom. The second-order valence-corrected chi connectivity index (χ2v) is 8.28. The van der Waals surface area contributed by atoms with E-state index in [0.29, 0.717) is 0 Å². The predicted octanol–water partition coefficient (Wildman–Crippen LogP) is 3.39. The summed E-state index contributed by atoms with van der Waals surface area (Å²) in [6.45, 7) is -1.20. The molecule has 0 saturated carbocycles. The first-order valence-corrected chi connectivity index (χ1v) is 11.6. The molecule has 1 heterocycles. The second kappa shape index (κ2) is 12.2. The van der Waals surface area contributed by atoms with Crippen molar-refractivity contribution in [2.45, 2.75) is 30.6 Å². The third-order valence-electron chi connectivity index (χ3n) is 5.78. The van der Waals surface area contributed by atoms with Crippen LogP contribution in [0.3, 0.4) is 0 Å². The number of aliphatic hydroxyl groups is 1. The Balaban J connectivity index is 1.55. The van der Waals surface area contributed by atoms with Crippen LogP contribution in [-0.4, -0.2) is 66.8 Å². The molecule has 3 aromatic rings. The molecule has 1 N–H and O–H groups in total. The number of benzene rings is 3. The van der Waals surface area contributed by atoms with Gasteiger partial charge in [0.1, 0.15) is 18.8 Å². The monoisotopic (exact) mass is 508 g/mol. The normalized spacial score (nSPS) is 23.0. The van der Waals surface area contributed by atoms with E-state index in [9.17, 15) is 19.5 Å². The predicted molar refractivity (Wildman–Crippen MR) is 129 cm³/mol. The van der Waals surface area contributed by atoms with Gasteiger partial charge in [0.25, 0.3) is 0 Å². The number of halogens is 1. The Morgan fingerprint density at radius 1 is 0.676 bits per heavy atom. The number of carbonyl (C=O) groups is 3. The largest absolute Gasteiger partial charge is 0.459 e. The number of esters is 3. The number of hydrogen-bond acceptors (Lipinski definition) is 8. The first-order chi connectivity index (χ1) is 18.0. The molecule has 9 heteroatoms. The van der Waals surface area contributed by atoms with Gasteiger partial charge >= 0.3 is 17.9 Å². The zero-order chi connectivity index (χ0) is 26.2. The summed E-state index contributed by atoms with van der Waals surface area (Å²) in [5.41, 5.74) is 0.595. The van der Waals surface area contributed by atoms with Crippen molar-refractivity contribution in [3.05, 3.63) is 108 Å². The summed E-state index contributed by atoms with van der Waals surface area (Å²) in [6, 6.07) is 24.0. The molecule has 1 aliphatic rings.